The van der Waals surface area contributed by atoms with Crippen LogP contribution in [0.4, 0.5) is 0 Å². The van der Waals surface area contributed by atoms with Crippen LogP contribution in [0.2, 0.25) is 0 Å². The summed E-state index contributed by atoms with van der Waals surface area (Å²) < 4.78 is 1.73. The summed E-state index contributed by atoms with van der Waals surface area (Å²) in [6.45, 7) is 7.23. The third-order valence-corrected chi connectivity index (χ3v) is 6.92. The second-order valence-electron chi connectivity index (χ2n) is 7.95. The van der Waals surface area contributed by atoms with Gasteiger partial charge in [0, 0.05) is 12.6 Å². The maximum Gasteiger partial charge on any atom is 0.262 e. The van der Waals surface area contributed by atoms with Crippen LogP contribution in [-0.2, 0) is 11.3 Å². The van der Waals surface area contributed by atoms with E-state index in [0.29, 0.717) is 34.4 Å². The van der Waals surface area contributed by atoms with E-state index in [0.717, 1.165) is 19.3 Å². The van der Waals surface area contributed by atoms with Crippen molar-refractivity contribution >= 4 is 28.6 Å². The van der Waals surface area contributed by atoms with Gasteiger partial charge in [0.25, 0.3) is 5.56 Å². The Kier molecular flexibility index (Phi) is 7.16. The highest BCUT2D eigenvalue weighted by Gasteiger charge is 2.28. The van der Waals surface area contributed by atoms with Crippen molar-refractivity contribution in [3.8, 4) is 0 Å². The van der Waals surface area contributed by atoms with Gasteiger partial charge in [-0.15, -0.1) is 0 Å². The Morgan fingerprint density at radius 1 is 1.29 bits per heavy atom. The molecular formula is C22H31N3O2S. The molecule has 1 aliphatic carbocycles. The van der Waals surface area contributed by atoms with Gasteiger partial charge in [-0.05, 0) is 36.8 Å². The molecule has 3 atom stereocenters. The summed E-state index contributed by atoms with van der Waals surface area (Å²) in [5.74, 6) is 1.46. The Balaban J connectivity index is 1.73. The lowest BCUT2D eigenvalue weighted by molar-refractivity contribution is -0.120. The second-order valence-corrected chi connectivity index (χ2v) is 8.89. The number of para-hydroxylation sites is 1. The van der Waals surface area contributed by atoms with E-state index in [4.69, 9.17) is 0 Å². The predicted octanol–water partition coefficient (Wildman–Crippen LogP) is 4.23. The molecule has 0 aliphatic heterocycles. The number of thioether (sulfide) groups is 1. The van der Waals surface area contributed by atoms with Crippen LogP contribution in [0.25, 0.3) is 10.9 Å². The zero-order valence-electron chi connectivity index (χ0n) is 17.1. The van der Waals surface area contributed by atoms with Gasteiger partial charge >= 0.3 is 0 Å². The van der Waals surface area contributed by atoms with E-state index >= 15 is 0 Å². The number of hydrogen-bond donors (Lipinski definition) is 1. The summed E-state index contributed by atoms with van der Waals surface area (Å²) >= 11 is 1.37. The second kappa shape index (κ2) is 9.59. The maximum atomic E-state index is 12.9. The van der Waals surface area contributed by atoms with Gasteiger partial charge in [0.05, 0.1) is 16.7 Å². The van der Waals surface area contributed by atoms with E-state index in [1.165, 1.54) is 24.6 Å². The van der Waals surface area contributed by atoms with Crippen LogP contribution in [0, 0.1) is 11.8 Å². The zero-order chi connectivity index (χ0) is 20.1. The minimum atomic E-state index is -0.0170. The molecule has 0 saturated heterocycles. The summed E-state index contributed by atoms with van der Waals surface area (Å²) in [6, 6.07) is 7.68. The van der Waals surface area contributed by atoms with Crippen LogP contribution >= 0.6 is 11.8 Å². The number of carbonyl (C=O) groups is 1. The normalized spacial score (nSPS) is 22.3. The van der Waals surface area contributed by atoms with Gasteiger partial charge in [0.2, 0.25) is 5.91 Å². The summed E-state index contributed by atoms with van der Waals surface area (Å²) in [7, 11) is 0. The van der Waals surface area contributed by atoms with Crippen molar-refractivity contribution in [3.63, 3.8) is 0 Å². The lowest BCUT2D eigenvalue weighted by atomic mass is 9.78. The maximum absolute atomic E-state index is 12.9. The smallest absolute Gasteiger partial charge is 0.262 e. The number of unbranched alkanes of at least 4 members (excludes halogenated alkanes) is 1. The Morgan fingerprint density at radius 3 is 2.86 bits per heavy atom. The number of rotatable bonds is 7. The van der Waals surface area contributed by atoms with E-state index in [1.807, 2.05) is 24.3 Å². The standard InChI is InChI=1S/C22H31N3O2S/c1-4-5-13-25-21(27)17-10-6-7-11-19(17)24-22(25)28-14-20(26)23-18-12-8-9-15(2)16(18)3/h6-7,10-11,15-16,18H,4-5,8-9,12-14H2,1-3H3,(H,23,26)/t15-,16-,18-/m0/s1. The molecule has 5 nitrogen and oxygen atoms in total. The molecule has 0 radical (unpaired) electrons. The van der Waals surface area contributed by atoms with Gasteiger partial charge in [0.1, 0.15) is 0 Å². The molecule has 2 aromatic rings. The molecule has 6 heteroatoms. The fourth-order valence-electron chi connectivity index (χ4n) is 3.94. The van der Waals surface area contributed by atoms with Crippen LogP contribution in [0.15, 0.2) is 34.2 Å². The molecule has 3 rings (SSSR count). The first-order chi connectivity index (χ1) is 13.5. The molecule has 0 unspecified atom stereocenters. The number of hydrogen-bond acceptors (Lipinski definition) is 4. The molecule has 1 aromatic carbocycles. The first-order valence-corrected chi connectivity index (χ1v) is 11.4. The minimum Gasteiger partial charge on any atom is -0.352 e. The largest absolute Gasteiger partial charge is 0.352 e. The highest BCUT2D eigenvalue weighted by molar-refractivity contribution is 7.99. The van der Waals surface area contributed by atoms with E-state index in [1.54, 1.807) is 4.57 Å². The van der Waals surface area contributed by atoms with E-state index < -0.39 is 0 Å². The van der Waals surface area contributed by atoms with Gasteiger partial charge in [-0.2, -0.15) is 0 Å². The molecule has 0 spiro atoms. The van der Waals surface area contributed by atoms with E-state index in [2.05, 4.69) is 31.1 Å². The Hall–Kier alpha value is -1.82. The lowest BCUT2D eigenvalue weighted by Crippen LogP contribution is -2.44. The van der Waals surface area contributed by atoms with Crippen molar-refractivity contribution in [2.24, 2.45) is 11.8 Å². The third-order valence-electron chi connectivity index (χ3n) is 5.95. The number of fused-ring (bicyclic) bond motifs is 1. The molecule has 1 heterocycles. The highest BCUT2D eigenvalue weighted by Crippen LogP contribution is 2.29. The highest BCUT2D eigenvalue weighted by atomic mass is 32.2. The van der Waals surface area contributed by atoms with Crippen molar-refractivity contribution in [1.82, 2.24) is 14.9 Å². The summed E-state index contributed by atoms with van der Waals surface area (Å²) in [5.41, 5.74) is 0.676. The summed E-state index contributed by atoms with van der Waals surface area (Å²) in [6.07, 6.45) is 5.38. The van der Waals surface area contributed by atoms with Gasteiger partial charge in [-0.1, -0.05) is 63.9 Å². The van der Waals surface area contributed by atoms with Gasteiger partial charge in [-0.25, -0.2) is 4.98 Å². The molecule has 1 aromatic heterocycles. The predicted molar refractivity (Wildman–Crippen MR) is 116 cm³/mol. The van der Waals surface area contributed by atoms with Crippen molar-refractivity contribution in [2.45, 2.75) is 70.6 Å². The number of nitrogens with zero attached hydrogens (tertiary/aromatic N) is 2. The van der Waals surface area contributed by atoms with E-state index in [-0.39, 0.29) is 23.3 Å². The Bertz CT molecular complexity index is 880. The molecule has 152 valence electrons. The van der Waals surface area contributed by atoms with Crippen LogP contribution in [-0.4, -0.2) is 27.3 Å². The van der Waals surface area contributed by atoms with Crippen LogP contribution in [0.1, 0.15) is 52.9 Å². The number of benzene rings is 1. The zero-order valence-corrected chi connectivity index (χ0v) is 17.9. The minimum absolute atomic E-state index is 0.0170. The number of nitrogens with one attached hydrogen (secondary N) is 1. The number of aromatic nitrogens is 2. The third kappa shape index (κ3) is 4.77. The SMILES string of the molecule is CCCCn1c(SCC(=O)N[C@H]2CCC[C@H](C)[C@@H]2C)nc2ccccc2c1=O. The fraction of sp³-hybridized carbons (Fsp3) is 0.591. The average molecular weight is 402 g/mol. The van der Waals surface area contributed by atoms with Gasteiger partial charge in [-0.3, -0.25) is 14.2 Å². The van der Waals surface area contributed by atoms with Gasteiger partial charge in [0.15, 0.2) is 5.16 Å². The molecule has 28 heavy (non-hydrogen) atoms. The van der Waals surface area contributed by atoms with Gasteiger partial charge < -0.3 is 5.32 Å². The lowest BCUT2D eigenvalue weighted by Gasteiger charge is -2.34. The van der Waals surface area contributed by atoms with Crippen molar-refractivity contribution in [1.29, 1.82) is 0 Å². The molecule has 1 aliphatic rings. The van der Waals surface area contributed by atoms with Crippen molar-refractivity contribution < 1.29 is 4.79 Å². The number of carbonyl (C=O) groups excluding carboxylic acids is 1. The van der Waals surface area contributed by atoms with Crippen molar-refractivity contribution in [2.75, 3.05) is 5.75 Å². The Labute approximate surface area is 171 Å². The average Bonchev–Trinajstić information content (AvgIpc) is 2.69. The molecule has 1 fully saturated rings. The molecule has 1 saturated carbocycles. The topological polar surface area (TPSA) is 64.0 Å². The molecular weight excluding hydrogens is 370 g/mol. The summed E-state index contributed by atoms with van der Waals surface area (Å²) in [5, 5.41) is 4.48. The quantitative estimate of drug-likeness (QED) is 0.557. The molecule has 1 N–H and O–H groups in total. The van der Waals surface area contributed by atoms with Crippen LogP contribution in [0.5, 0.6) is 0 Å². The van der Waals surface area contributed by atoms with E-state index in [9.17, 15) is 9.59 Å². The van der Waals surface area contributed by atoms with Crippen molar-refractivity contribution in [3.05, 3.63) is 34.6 Å². The first kappa shape index (κ1) is 20.9. The molecule has 1 amide bonds. The van der Waals surface area contributed by atoms with Crippen LogP contribution < -0.4 is 10.9 Å². The summed E-state index contributed by atoms with van der Waals surface area (Å²) in [4.78, 5) is 30.1. The van der Waals surface area contributed by atoms with Crippen LogP contribution in [0.3, 0.4) is 0 Å². The molecule has 0 bridgehead atoms. The monoisotopic (exact) mass is 401 g/mol. The first-order valence-electron chi connectivity index (χ1n) is 10.4. The Morgan fingerprint density at radius 2 is 2.07 bits per heavy atom. The number of amides is 1. The fourth-order valence-corrected chi connectivity index (χ4v) is 4.77.